The summed E-state index contributed by atoms with van der Waals surface area (Å²) in [5, 5.41) is 8.75. The van der Waals surface area contributed by atoms with E-state index in [-0.39, 0.29) is 0 Å². The minimum Gasteiger partial charge on any atom is -0.344 e. The predicted octanol–water partition coefficient (Wildman–Crippen LogP) is 2.84. The van der Waals surface area contributed by atoms with Gasteiger partial charge in [0.2, 0.25) is 0 Å². The second-order valence-electron chi connectivity index (χ2n) is 4.34. The lowest BCUT2D eigenvalue weighted by molar-refractivity contribution is 0.112. The van der Waals surface area contributed by atoms with E-state index in [9.17, 15) is 4.79 Å². The second kappa shape index (κ2) is 4.89. The van der Waals surface area contributed by atoms with Crippen molar-refractivity contribution < 1.29 is 4.79 Å². The number of hydrogen-bond donors (Lipinski definition) is 0. The average Bonchev–Trinajstić information content (AvgIpc) is 2.67. The molecule has 3 nitrogen and oxygen atoms in total. The van der Waals surface area contributed by atoms with Gasteiger partial charge in [-0.1, -0.05) is 12.1 Å². The first-order valence-corrected chi connectivity index (χ1v) is 5.76. The lowest BCUT2D eigenvalue weighted by atomic mass is 10.1. The largest absolute Gasteiger partial charge is 0.344 e. The van der Waals surface area contributed by atoms with Gasteiger partial charge in [-0.15, -0.1) is 0 Å². The highest BCUT2D eigenvalue weighted by molar-refractivity contribution is 5.77. The summed E-state index contributed by atoms with van der Waals surface area (Å²) >= 11 is 0. The minimum absolute atomic E-state index is 0.660. The van der Waals surface area contributed by atoms with Gasteiger partial charge in [0.1, 0.15) is 0 Å². The standard InChI is InChI=1S/C15H14N2O/c1-11-7-15(10-18)12(2)17(11)9-14-5-3-13(8-16)4-6-14/h3-7,10H,9H2,1-2H3. The molecule has 0 bridgehead atoms. The van der Waals surface area contributed by atoms with Gasteiger partial charge in [-0.3, -0.25) is 4.79 Å². The summed E-state index contributed by atoms with van der Waals surface area (Å²) in [6, 6.07) is 11.5. The molecular formula is C15H14N2O. The number of aryl methyl sites for hydroxylation is 1. The summed E-state index contributed by atoms with van der Waals surface area (Å²) in [6.45, 7) is 4.65. The topological polar surface area (TPSA) is 45.8 Å². The van der Waals surface area contributed by atoms with Gasteiger partial charge >= 0.3 is 0 Å². The van der Waals surface area contributed by atoms with E-state index in [4.69, 9.17) is 5.26 Å². The van der Waals surface area contributed by atoms with E-state index in [1.165, 1.54) is 0 Å². The van der Waals surface area contributed by atoms with E-state index in [0.717, 1.165) is 35.3 Å². The van der Waals surface area contributed by atoms with Gasteiger partial charge in [0.25, 0.3) is 0 Å². The maximum atomic E-state index is 10.9. The molecule has 0 aliphatic heterocycles. The summed E-state index contributed by atoms with van der Waals surface area (Å²) in [7, 11) is 0. The SMILES string of the molecule is Cc1cc(C=O)c(C)n1Cc1ccc(C#N)cc1. The molecule has 0 fully saturated rings. The maximum Gasteiger partial charge on any atom is 0.151 e. The molecular weight excluding hydrogens is 224 g/mol. The fourth-order valence-corrected chi connectivity index (χ4v) is 2.06. The molecule has 1 heterocycles. The summed E-state index contributed by atoms with van der Waals surface area (Å²) < 4.78 is 2.10. The Bertz CT molecular complexity index is 615. The van der Waals surface area contributed by atoms with E-state index in [1.54, 1.807) is 0 Å². The molecule has 0 amide bonds. The predicted molar refractivity (Wildman–Crippen MR) is 69.6 cm³/mol. The van der Waals surface area contributed by atoms with E-state index in [2.05, 4.69) is 10.6 Å². The molecule has 1 aromatic heterocycles. The summed E-state index contributed by atoms with van der Waals surface area (Å²) in [6.07, 6.45) is 0.887. The molecule has 18 heavy (non-hydrogen) atoms. The third-order valence-corrected chi connectivity index (χ3v) is 3.16. The van der Waals surface area contributed by atoms with E-state index in [0.29, 0.717) is 5.56 Å². The number of aromatic nitrogens is 1. The van der Waals surface area contributed by atoms with Crippen LogP contribution in [-0.2, 0) is 6.54 Å². The molecule has 0 unspecified atom stereocenters. The monoisotopic (exact) mass is 238 g/mol. The van der Waals surface area contributed by atoms with Crippen LogP contribution < -0.4 is 0 Å². The molecule has 0 saturated heterocycles. The number of nitriles is 1. The van der Waals surface area contributed by atoms with Crippen LogP contribution in [0.4, 0.5) is 0 Å². The Hall–Kier alpha value is -2.34. The van der Waals surface area contributed by atoms with Crippen molar-refractivity contribution in [3.05, 3.63) is 58.4 Å². The molecule has 0 aliphatic rings. The van der Waals surface area contributed by atoms with Crippen molar-refractivity contribution in [1.29, 1.82) is 5.26 Å². The Kier molecular flexibility index (Phi) is 3.29. The lowest BCUT2D eigenvalue weighted by Gasteiger charge is -2.09. The summed E-state index contributed by atoms with van der Waals surface area (Å²) in [4.78, 5) is 10.9. The average molecular weight is 238 g/mol. The quantitative estimate of drug-likeness (QED) is 0.772. The van der Waals surface area contributed by atoms with Crippen molar-refractivity contribution in [2.24, 2.45) is 0 Å². The molecule has 0 N–H and O–H groups in total. The molecule has 2 rings (SSSR count). The van der Waals surface area contributed by atoms with Crippen LogP contribution in [0.2, 0.25) is 0 Å². The van der Waals surface area contributed by atoms with Crippen molar-refractivity contribution in [1.82, 2.24) is 4.57 Å². The maximum absolute atomic E-state index is 10.9. The van der Waals surface area contributed by atoms with Crippen molar-refractivity contribution >= 4 is 6.29 Å². The lowest BCUT2D eigenvalue weighted by Crippen LogP contribution is -2.04. The van der Waals surface area contributed by atoms with Crippen LogP contribution >= 0.6 is 0 Å². The molecule has 90 valence electrons. The number of benzene rings is 1. The zero-order valence-corrected chi connectivity index (χ0v) is 10.5. The Morgan fingerprint density at radius 3 is 2.44 bits per heavy atom. The van der Waals surface area contributed by atoms with Crippen molar-refractivity contribution in [3.63, 3.8) is 0 Å². The van der Waals surface area contributed by atoms with Gasteiger partial charge in [-0.25, -0.2) is 0 Å². The van der Waals surface area contributed by atoms with Gasteiger partial charge < -0.3 is 4.57 Å². The first-order chi connectivity index (χ1) is 8.65. The molecule has 2 aromatic rings. The molecule has 0 saturated carbocycles. The Morgan fingerprint density at radius 2 is 1.94 bits per heavy atom. The number of rotatable bonds is 3. The molecule has 0 atom stereocenters. The van der Waals surface area contributed by atoms with Gasteiger partial charge in [0.15, 0.2) is 6.29 Å². The normalized spacial score (nSPS) is 10.1. The fourth-order valence-electron chi connectivity index (χ4n) is 2.06. The number of aldehydes is 1. The van der Waals surface area contributed by atoms with Crippen LogP contribution in [0.15, 0.2) is 30.3 Å². The minimum atomic E-state index is 0.660. The number of hydrogen-bond acceptors (Lipinski definition) is 2. The Labute approximate surface area is 106 Å². The second-order valence-corrected chi connectivity index (χ2v) is 4.34. The van der Waals surface area contributed by atoms with Crippen LogP contribution in [0.1, 0.15) is 32.9 Å². The first kappa shape index (κ1) is 12.1. The zero-order chi connectivity index (χ0) is 13.1. The Balaban J connectivity index is 2.31. The number of carbonyl (C=O) groups is 1. The van der Waals surface area contributed by atoms with Crippen LogP contribution in [0.5, 0.6) is 0 Å². The van der Waals surface area contributed by atoms with Crippen LogP contribution in [0, 0.1) is 25.2 Å². The van der Waals surface area contributed by atoms with Crippen molar-refractivity contribution in [2.75, 3.05) is 0 Å². The van der Waals surface area contributed by atoms with Crippen molar-refractivity contribution in [3.8, 4) is 6.07 Å². The van der Waals surface area contributed by atoms with Gasteiger partial charge in [0, 0.05) is 23.5 Å². The third-order valence-electron chi connectivity index (χ3n) is 3.16. The highest BCUT2D eigenvalue weighted by Gasteiger charge is 2.08. The van der Waals surface area contributed by atoms with Gasteiger partial charge in [0.05, 0.1) is 11.6 Å². The zero-order valence-electron chi connectivity index (χ0n) is 10.5. The molecule has 0 spiro atoms. The summed E-state index contributed by atoms with van der Waals surface area (Å²) in [5.74, 6) is 0. The Morgan fingerprint density at radius 1 is 1.28 bits per heavy atom. The number of carbonyl (C=O) groups excluding carboxylic acids is 1. The van der Waals surface area contributed by atoms with Gasteiger partial charge in [-0.05, 0) is 37.6 Å². The van der Waals surface area contributed by atoms with E-state index < -0.39 is 0 Å². The molecule has 3 heteroatoms. The summed E-state index contributed by atoms with van der Waals surface area (Å²) in [5.41, 5.74) is 4.56. The first-order valence-electron chi connectivity index (χ1n) is 5.76. The fraction of sp³-hybridized carbons (Fsp3) is 0.200. The van der Waals surface area contributed by atoms with E-state index in [1.807, 2.05) is 44.2 Å². The molecule has 1 aromatic carbocycles. The van der Waals surface area contributed by atoms with Crippen LogP contribution in [0.3, 0.4) is 0 Å². The van der Waals surface area contributed by atoms with Gasteiger partial charge in [-0.2, -0.15) is 5.26 Å². The third kappa shape index (κ3) is 2.18. The highest BCUT2D eigenvalue weighted by atomic mass is 16.1. The molecule has 0 radical (unpaired) electrons. The van der Waals surface area contributed by atoms with Crippen LogP contribution in [0.25, 0.3) is 0 Å². The van der Waals surface area contributed by atoms with Crippen LogP contribution in [-0.4, -0.2) is 10.9 Å². The smallest absolute Gasteiger partial charge is 0.151 e. The highest BCUT2D eigenvalue weighted by Crippen LogP contribution is 2.15. The number of nitrogens with zero attached hydrogens (tertiary/aromatic N) is 2. The van der Waals surface area contributed by atoms with Crippen molar-refractivity contribution in [2.45, 2.75) is 20.4 Å². The molecule has 0 aliphatic carbocycles. The van der Waals surface area contributed by atoms with E-state index >= 15 is 0 Å².